The van der Waals surface area contributed by atoms with Crippen molar-refractivity contribution in [1.29, 1.82) is 0 Å². The second-order valence-corrected chi connectivity index (χ2v) is 5.10. The Balaban J connectivity index is 1.65. The molecular formula is C11H14ClN3. The Labute approximate surface area is 94.2 Å². The van der Waals surface area contributed by atoms with E-state index in [1.165, 1.54) is 32.1 Å². The lowest BCUT2D eigenvalue weighted by molar-refractivity contribution is 0.519. The molecule has 0 bridgehead atoms. The van der Waals surface area contributed by atoms with Crippen molar-refractivity contribution in [2.45, 2.75) is 38.1 Å². The highest BCUT2D eigenvalue weighted by Gasteiger charge is 2.55. The molecule has 0 amide bonds. The maximum Gasteiger partial charge on any atom is 0.151 e. The van der Waals surface area contributed by atoms with Gasteiger partial charge in [-0.1, -0.05) is 24.4 Å². The van der Waals surface area contributed by atoms with E-state index in [0.29, 0.717) is 16.6 Å². The summed E-state index contributed by atoms with van der Waals surface area (Å²) in [7, 11) is 0. The molecule has 1 heterocycles. The molecule has 3 rings (SSSR count). The first-order valence-electron chi connectivity index (χ1n) is 5.54. The third-order valence-corrected chi connectivity index (χ3v) is 3.94. The molecule has 1 aromatic heterocycles. The highest BCUT2D eigenvalue weighted by atomic mass is 35.5. The molecule has 1 unspecified atom stereocenters. The Morgan fingerprint density at radius 2 is 2.07 bits per heavy atom. The van der Waals surface area contributed by atoms with Crippen LogP contribution >= 0.6 is 11.6 Å². The van der Waals surface area contributed by atoms with E-state index in [-0.39, 0.29) is 0 Å². The monoisotopic (exact) mass is 223 g/mol. The van der Waals surface area contributed by atoms with Crippen molar-refractivity contribution in [3.8, 4) is 0 Å². The van der Waals surface area contributed by atoms with Crippen molar-refractivity contribution in [1.82, 2.24) is 10.2 Å². The largest absolute Gasteiger partial charge is 0.365 e. The predicted octanol–water partition coefficient (Wildman–Crippen LogP) is 2.87. The van der Waals surface area contributed by atoms with Crippen molar-refractivity contribution < 1.29 is 0 Å². The van der Waals surface area contributed by atoms with E-state index in [2.05, 4.69) is 15.5 Å². The summed E-state index contributed by atoms with van der Waals surface area (Å²) < 4.78 is 0. The van der Waals surface area contributed by atoms with E-state index in [4.69, 9.17) is 11.6 Å². The van der Waals surface area contributed by atoms with Gasteiger partial charge in [-0.2, -0.15) is 0 Å². The zero-order valence-electron chi connectivity index (χ0n) is 8.54. The number of nitrogens with one attached hydrogen (secondary N) is 1. The fourth-order valence-corrected chi connectivity index (χ4v) is 2.86. The van der Waals surface area contributed by atoms with Gasteiger partial charge in [0.1, 0.15) is 5.82 Å². The summed E-state index contributed by atoms with van der Waals surface area (Å²) in [6, 6.07) is 4.30. The van der Waals surface area contributed by atoms with Crippen LogP contribution in [0.15, 0.2) is 12.1 Å². The van der Waals surface area contributed by atoms with Crippen LogP contribution in [0, 0.1) is 5.41 Å². The van der Waals surface area contributed by atoms with Crippen molar-refractivity contribution in [2.24, 2.45) is 5.41 Å². The maximum atomic E-state index is 5.68. The molecule has 80 valence electrons. The summed E-state index contributed by atoms with van der Waals surface area (Å²) in [6.45, 7) is 0. The van der Waals surface area contributed by atoms with Gasteiger partial charge < -0.3 is 5.32 Å². The number of anilines is 1. The molecule has 4 heteroatoms. The molecule has 0 aliphatic heterocycles. The van der Waals surface area contributed by atoms with Crippen LogP contribution in [0.3, 0.4) is 0 Å². The lowest BCUT2D eigenvalue weighted by atomic mass is 10.1. The van der Waals surface area contributed by atoms with Gasteiger partial charge in [0.2, 0.25) is 0 Å². The van der Waals surface area contributed by atoms with Gasteiger partial charge in [-0.3, -0.25) is 0 Å². The van der Waals surface area contributed by atoms with Crippen LogP contribution in [0.1, 0.15) is 32.1 Å². The summed E-state index contributed by atoms with van der Waals surface area (Å²) in [6.07, 6.45) is 6.85. The van der Waals surface area contributed by atoms with Gasteiger partial charge in [0, 0.05) is 6.04 Å². The second-order valence-electron chi connectivity index (χ2n) is 4.71. The zero-order chi connectivity index (χ0) is 10.3. The average Bonchev–Trinajstić information content (AvgIpc) is 2.69. The molecule has 0 saturated heterocycles. The van der Waals surface area contributed by atoms with Crippen molar-refractivity contribution >= 4 is 17.4 Å². The predicted molar refractivity (Wildman–Crippen MR) is 60.0 cm³/mol. The summed E-state index contributed by atoms with van der Waals surface area (Å²) in [5.74, 6) is 0.855. The van der Waals surface area contributed by atoms with Gasteiger partial charge >= 0.3 is 0 Å². The normalized spacial score (nSPS) is 26.9. The fourth-order valence-electron chi connectivity index (χ4n) is 2.75. The van der Waals surface area contributed by atoms with Gasteiger partial charge in [-0.05, 0) is 36.8 Å². The lowest BCUT2D eigenvalue weighted by Crippen LogP contribution is -2.12. The van der Waals surface area contributed by atoms with Gasteiger partial charge in [0.05, 0.1) is 0 Å². The van der Waals surface area contributed by atoms with Gasteiger partial charge in [0.15, 0.2) is 5.15 Å². The van der Waals surface area contributed by atoms with E-state index in [1.54, 1.807) is 6.07 Å². The number of hydrogen-bond donors (Lipinski definition) is 1. The van der Waals surface area contributed by atoms with Crippen LogP contribution in [-0.4, -0.2) is 16.2 Å². The molecule has 2 fully saturated rings. The van der Waals surface area contributed by atoms with Crippen LogP contribution in [0.5, 0.6) is 0 Å². The zero-order valence-corrected chi connectivity index (χ0v) is 9.30. The first-order chi connectivity index (χ1) is 7.28. The van der Waals surface area contributed by atoms with Crippen molar-refractivity contribution in [2.75, 3.05) is 5.32 Å². The Kier molecular flexibility index (Phi) is 2.09. The Bertz CT molecular complexity index is 357. The Hall–Kier alpha value is -0.830. The summed E-state index contributed by atoms with van der Waals surface area (Å²) in [4.78, 5) is 0. The van der Waals surface area contributed by atoms with E-state index in [0.717, 1.165) is 5.82 Å². The number of rotatable bonds is 2. The number of halogens is 1. The molecule has 0 radical (unpaired) electrons. The quantitative estimate of drug-likeness (QED) is 0.838. The standard InChI is InChI=1S/C11H14ClN3/c12-9-3-4-10(15-14-9)13-8-7-11(8)5-1-2-6-11/h3-4,8H,1-2,5-7H2,(H,13,15). The third-order valence-electron chi connectivity index (χ3n) is 3.74. The highest BCUT2D eigenvalue weighted by Crippen LogP contribution is 2.58. The maximum absolute atomic E-state index is 5.68. The average molecular weight is 224 g/mol. The van der Waals surface area contributed by atoms with Crippen LogP contribution in [0.2, 0.25) is 5.15 Å². The van der Waals surface area contributed by atoms with Gasteiger partial charge in [-0.25, -0.2) is 0 Å². The van der Waals surface area contributed by atoms with Crippen LogP contribution in [0.25, 0.3) is 0 Å². The molecule has 1 atom stereocenters. The van der Waals surface area contributed by atoms with Gasteiger partial charge in [-0.15, -0.1) is 10.2 Å². The van der Waals surface area contributed by atoms with Gasteiger partial charge in [0.25, 0.3) is 0 Å². The van der Waals surface area contributed by atoms with Crippen molar-refractivity contribution in [3.05, 3.63) is 17.3 Å². The second kappa shape index (κ2) is 3.34. The van der Waals surface area contributed by atoms with Crippen LogP contribution in [0.4, 0.5) is 5.82 Å². The van der Waals surface area contributed by atoms with Crippen LogP contribution in [-0.2, 0) is 0 Å². The molecule has 1 spiro atoms. The minimum absolute atomic E-state index is 0.451. The first-order valence-corrected chi connectivity index (χ1v) is 5.92. The molecule has 2 aliphatic carbocycles. The molecule has 2 saturated carbocycles. The molecule has 3 nitrogen and oxygen atoms in total. The van der Waals surface area contributed by atoms with Crippen molar-refractivity contribution in [3.63, 3.8) is 0 Å². The SMILES string of the molecule is Clc1ccc(NC2CC23CCCC3)nn1. The van der Waals surface area contributed by atoms with E-state index >= 15 is 0 Å². The molecule has 2 aliphatic rings. The third kappa shape index (κ3) is 1.69. The first kappa shape index (κ1) is 9.40. The molecule has 15 heavy (non-hydrogen) atoms. The smallest absolute Gasteiger partial charge is 0.151 e. The summed E-state index contributed by atoms with van der Waals surface area (Å²) in [5, 5.41) is 11.7. The van der Waals surface area contributed by atoms with Crippen LogP contribution < -0.4 is 5.32 Å². The van der Waals surface area contributed by atoms with E-state index in [9.17, 15) is 0 Å². The topological polar surface area (TPSA) is 37.8 Å². The van der Waals surface area contributed by atoms with E-state index in [1.807, 2.05) is 6.07 Å². The number of nitrogens with zero attached hydrogens (tertiary/aromatic N) is 2. The Morgan fingerprint density at radius 1 is 1.27 bits per heavy atom. The number of hydrogen-bond acceptors (Lipinski definition) is 3. The Morgan fingerprint density at radius 3 is 2.73 bits per heavy atom. The minimum atomic E-state index is 0.451. The minimum Gasteiger partial charge on any atom is -0.365 e. The number of aromatic nitrogens is 2. The molecule has 0 aromatic carbocycles. The summed E-state index contributed by atoms with van der Waals surface area (Å²) in [5.41, 5.74) is 0.599. The molecule has 1 N–H and O–H groups in total. The molecule has 1 aromatic rings. The molecular weight excluding hydrogens is 210 g/mol. The fraction of sp³-hybridized carbons (Fsp3) is 0.636. The summed E-state index contributed by atoms with van der Waals surface area (Å²) >= 11 is 5.68. The highest BCUT2D eigenvalue weighted by molar-refractivity contribution is 6.29. The lowest BCUT2D eigenvalue weighted by Gasteiger charge is -2.09. The van der Waals surface area contributed by atoms with E-state index < -0.39 is 0 Å².